The lowest BCUT2D eigenvalue weighted by Gasteiger charge is -2.39. The summed E-state index contributed by atoms with van der Waals surface area (Å²) in [4.78, 5) is 19.0. The molecule has 0 spiro atoms. The predicted molar refractivity (Wildman–Crippen MR) is 158 cm³/mol. The third-order valence-corrected chi connectivity index (χ3v) is 8.39. The van der Waals surface area contributed by atoms with E-state index in [2.05, 4.69) is 28.9 Å². The van der Waals surface area contributed by atoms with Crippen LogP contribution in [0.1, 0.15) is 48.9 Å². The standard InChI is InChI=1S/C33H33ClF3N3O3/c1-21(2)16-25-10-11-26(18-28(25)34)30-38-29(39-43-30)24-8-6-22(7-9-24)20-40-14-12-32(13-15-40,31(41)42)19-23-4-3-5-27(17-23)33(35,36)37/h3-11,17-18,21H,12-16,19-20H2,1-2H3,(H,41,42). The number of nitrogens with zero attached hydrogens (tertiary/aromatic N) is 3. The first-order chi connectivity index (χ1) is 20.4. The van der Waals surface area contributed by atoms with Gasteiger partial charge in [-0.05, 0) is 79.6 Å². The Labute approximate surface area is 253 Å². The van der Waals surface area contributed by atoms with Crippen molar-refractivity contribution in [3.8, 4) is 22.8 Å². The summed E-state index contributed by atoms with van der Waals surface area (Å²) in [5.41, 5.74) is 2.20. The molecular formula is C33H33ClF3N3O3. The molecule has 0 aliphatic carbocycles. The highest BCUT2D eigenvalue weighted by Gasteiger charge is 2.42. The van der Waals surface area contributed by atoms with E-state index in [9.17, 15) is 23.1 Å². The van der Waals surface area contributed by atoms with E-state index in [1.54, 1.807) is 6.07 Å². The van der Waals surface area contributed by atoms with Crippen molar-refractivity contribution in [1.82, 2.24) is 15.0 Å². The van der Waals surface area contributed by atoms with Gasteiger partial charge in [-0.1, -0.05) is 79.1 Å². The predicted octanol–water partition coefficient (Wildman–Crippen LogP) is 8.18. The molecule has 1 fully saturated rings. The lowest BCUT2D eigenvalue weighted by molar-refractivity contribution is -0.152. The average Bonchev–Trinajstić information content (AvgIpc) is 3.45. The Morgan fingerprint density at radius 2 is 1.72 bits per heavy atom. The number of hydrogen-bond donors (Lipinski definition) is 1. The van der Waals surface area contributed by atoms with Gasteiger partial charge >= 0.3 is 12.1 Å². The van der Waals surface area contributed by atoms with Gasteiger partial charge in [0.05, 0.1) is 11.0 Å². The number of benzene rings is 3. The number of halogens is 4. The Morgan fingerprint density at radius 3 is 2.35 bits per heavy atom. The molecular weight excluding hydrogens is 579 g/mol. The summed E-state index contributed by atoms with van der Waals surface area (Å²) in [6.07, 6.45) is -2.81. The summed E-state index contributed by atoms with van der Waals surface area (Å²) in [6, 6.07) is 18.5. The second-order valence-electron chi connectivity index (χ2n) is 11.8. The maximum atomic E-state index is 13.2. The van der Waals surface area contributed by atoms with Crippen LogP contribution in [0.3, 0.4) is 0 Å². The summed E-state index contributed by atoms with van der Waals surface area (Å²) in [5, 5.41) is 14.9. The van der Waals surface area contributed by atoms with Crippen molar-refractivity contribution in [2.45, 2.75) is 52.3 Å². The van der Waals surface area contributed by atoms with Crippen molar-refractivity contribution in [3.63, 3.8) is 0 Å². The first-order valence-corrected chi connectivity index (χ1v) is 14.6. The molecule has 1 aliphatic rings. The van der Waals surface area contributed by atoms with Crippen LogP contribution in [0.5, 0.6) is 0 Å². The smallest absolute Gasteiger partial charge is 0.416 e. The third kappa shape index (κ3) is 7.28. The molecule has 0 bridgehead atoms. The fourth-order valence-corrected chi connectivity index (χ4v) is 5.87. The number of alkyl halides is 3. The van der Waals surface area contributed by atoms with Gasteiger partial charge in [0.15, 0.2) is 0 Å². The van der Waals surface area contributed by atoms with Crippen molar-refractivity contribution in [2.24, 2.45) is 11.3 Å². The number of likely N-dealkylation sites (tertiary alicyclic amines) is 1. The summed E-state index contributed by atoms with van der Waals surface area (Å²) < 4.78 is 45.0. The lowest BCUT2D eigenvalue weighted by Crippen LogP contribution is -2.45. The molecule has 0 radical (unpaired) electrons. The van der Waals surface area contributed by atoms with Gasteiger partial charge in [0.2, 0.25) is 5.82 Å². The van der Waals surface area contributed by atoms with Gasteiger partial charge in [0.25, 0.3) is 5.89 Å². The van der Waals surface area contributed by atoms with Crippen molar-refractivity contribution >= 4 is 17.6 Å². The topological polar surface area (TPSA) is 79.5 Å². The molecule has 0 saturated carbocycles. The van der Waals surface area contributed by atoms with Gasteiger partial charge in [-0.3, -0.25) is 9.69 Å². The van der Waals surface area contributed by atoms with Crippen molar-refractivity contribution in [2.75, 3.05) is 13.1 Å². The molecule has 5 rings (SSSR count). The largest absolute Gasteiger partial charge is 0.481 e. The van der Waals surface area contributed by atoms with Gasteiger partial charge in [-0.2, -0.15) is 18.2 Å². The Kier molecular flexibility index (Phi) is 8.94. The molecule has 2 heterocycles. The minimum atomic E-state index is -4.47. The van der Waals surface area contributed by atoms with Crippen LogP contribution in [0.25, 0.3) is 22.8 Å². The Morgan fingerprint density at radius 1 is 1.02 bits per heavy atom. The minimum absolute atomic E-state index is 0.0653. The maximum Gasteiger partial charge on any atom is 0.416 e. The van der Waals surface area contributed by atoms with Crippen LogP contribution in [-0.2, 0) is 30.4 Å². The van der Waals surface area contributed by atoms with Gasteiger partial charge in [0, 0.05) is 22.7 Å². The van der Waals surface area contributed by atoms with Crippen LogP contribution >= 0.6 is 11.6 Å². The van der Waals surface area contributed by atoms with Crippen molar-refractivity contribution < 1.29 is 27.6 Å². The quantitative estimate of drug-likeness (QED) is 0.206. The molecule has 0 amide bonds. The summed E-state index contributed by atoms with van der Waals surface area (Å²) in [6.45, 7) is 5.96. The molecule has 1 aromatic heterocycles. The van der Waals surface area contributed by atoms with E-state index >= 15 is 0 Å². The Hall–Kier alpha value is -3.69. The highest BCUT2D eigenvalue weighted by molar-refractivity contribution is 6.31. The van der Waals surface area contributed by atoms with E-state index < -0.39 is 23.1 Å². The van der Waals surface area contributed by atoms with E-state index in [0.717, 1.165) is 40.8 Å². The van der Waals surface area contributed by atoms with Crippen molar-refractivity contribution in [1.29, 1.82) is 0 Å². The zero-order valence-corrected chi connectivity index (χ0v) is 24.8. The molecule has 1 saturated heterocycles. The molecule has 4 aromatic rings. The fourth-order valence-electron chi connectivity index (χ4n) is 5.61. The normalized spacial score (nSPS) is 15.6. The van der Waals surface area contributed by atoms with Gasteiger partial charge in [-0.25, -0.2) is 0 Å². The second-order valence-corrected chi connectivity index (χ2v) is 12.2. The van der Waals surface area contributed by atoms with Crippen LogP contribution in [0.4, 0.5) is 13.2 Å². The van der Waals surface area contributed by atoms with Gasteiger partial charge < -0.3 is 9.63 Å². The molecule has 0 atom stereocenters. The maximum absolute atomic E-state index is 13.2. The Balaban J connectivity index is 1.20. The average molecular weight is 612 g/mol. The van der Waals surface area contributed by atoms with E-state index in [1.807, 2.05) is 42.5 Å². The highest BCUT2D eigenvalue weighted by atomic mass is 35.5. The van der Waals surface area contributed by atoms with E-state index in [-0.39, 0.29) is 6.42 Å². The summed E-state index contributed by atoms with van der Waals surface area (Å²) in [5.74, 6) is 0.370. The number of carboxylic acid groups (broad SMARTS) is 1. The molecule has 6 nitrogen and oxygen atoms in total. The molecule has 0 unspecified atom stereocenters. The lowest BCUT2D eigenvalue weighted by atomic mass is 9.73. The number of rotatable bonds is 9. The number of hydrogen-bond acceptors (Lipinski definition) is 5. The summed E-state index contributed by atoms with van der Waals surface area (Å²) >= 11 is 6.47. The van der Waals surface area contributed by atoms with Crippen LogP contribution in [0, 0.1) is 11.3 Å². The van der Waals surface area contributed by atoms with Gasteiger partial charge in [0.1, 0.15) is 0 Å². The number of carboxylic acids is 1. The highest BCUT2D eigenvalue weighted by Crippen LogP contribution is 2.38. The number of aromatic nitrogens is 2. The minimum Gasteiger partial charge on any atom is -0.481 e. The summed E-state index contributed by atoms with van der Waals surface area (Å²) in [7, 11) is 0. The number of carbonyl (C=O) groups is 1. The van der Waals surface area contributed by atoms with Gasteiger partial charge in [-0.15, -0.1) is 0 Å². The molecule has 226 valence electrons. The molecule has 3 aromatic carbocycles. The first kappa shape index (κ1) is 30.8. The van der Waals surface area contributed by atoms with Crippen LogP contribution in [0.2, 0.25) is 5.02 Å². The molecule has 1 N–H and O–H groups in total. The number of piperidine rings is 1. The van der Waals surface area contributed by atoms with Crippen LogP contribution in [-0.4, -0.2) is 39.2 Å². The Bertz CT molecular complexity index is 1580. The molecule has 1 aliphatic heterocycles. The van der Waals surface area contributed by atoms with Crippen molar-refractivity contribution in [3.05, 3.63) is 94.0 Å². The first-order valence-electron chi connectivity index (χ1n) is 14.3. The van der Waals surface area contributed by atoms with E-state index in [4.69, 9.17) is 16.1 Å². The van der Waals surface area contributed by atoms with Crippen LogP contribution < -0.4 is 0 Å². The second kappa shape index (κ2) is 12.5. The molecule has 43 heavy (non-hydrogen) atoms. The number of aliphatic carboxylic acids is 1. The molecule has 10 heteroatoms. The zero-order chi connectivity index (χ0) is 30.8. The zero-order valence-electron chi connectivity index (χ0n) is 24.0. The van der Waals surface area contributed by atoms with E-state index in [0.29, 0.717) is 60.7 Å². The SMILES string of the molecule is CC(C)Cc1ccc(-c2nc(-c3ccc(CN4CCC(Cc5cccc(C(F)(F)F)c5)(C(=O)O)CC4)cc3)no2)cc1Cl. The van der Waals surface area contributed by atoms with Crippen LogP contribution in [0.15, 0.2) is 71.3 Å². The third-order valence-electron chi connectivity index (χ3n) is 8.04. The monoisotopic (exact) mass is 611 g/mol. The van der Waals surface area contributed by atoms with E-state index in [1.165, 1.54) is 6.07 Å². The fraction of sp³-hybridized carbons (Fsp3) is 0.364.